The van der Waals surface area contributed by atoms with E-state index in [4.69, 9.17) is 18.9 Å². The Kier molecular flexibility index (Phi) is 18.9. The summed E-state index contributed by atoms with van der Waals surface area (Å²) in [4.78, 5) is 0. The number of ether oxygens (including phenoxy) is 4. The van der Waals surface area contributed by atoms with Gasteiger partial charge in [-0.3, -0.25) is 0 Å². The molecule has 0 bridgehead atoms. The van der Waals surface area contributed by atoms with Crippen LogP contribution in [0.3, 0.4) is 0 Å². The van der Waals surface area contributed by atoms with Gasteiger partial charge in [-0.05, 0) is 118 Å². The normalized spacial score (nSPS) is 12.3. The van der Waals surface area contributed by atoms with Crippen molar-refractivity contribution in [3.63, 3.8) is 0 Å². The van der Waals surface area contributed by atoms with Crippen LogP contribution in [-0.2, 0) is 0 Å². The van der Waals surface area contributed by atoms with Crippen LogP contribution in [0, 0.1) is 29.2 Å². The molecule has 12 heteroatoms. The van der Waals surface area contributed by atoms with E-state index in [1.165, 1.54) is 48.5 Å². The van der Waals surface area contributed by atoms with Crippen LogP contribution in [0.2, 0.25) is 0 Å². The van der Waals surface area contributed by atoms with Crippen molar-refractivity contribution >= 4 is 23.3 Å². The number of unbranched alkanes of at least 4 members (excludes halogenated alkanes) is 6. The van der Waals surface area contributed by atoms with Gasteiger partial charge in [-0.15, -0.1) is 6.58 Å². The minimum Gasteiger partial charge on any atom is -0.494 e. The van der Waals surface area contributed by atoms with Gasteiger partial charge < -0.3 is 18.9 Å². The average Bonchev–Trinajstić information content (AvgIpc) is 3.25. The molecule has 0 unspecified atom stereocenters. The van der Waals surface area contributed by atoms with Crippen molar-refractivity contribution < 1.29 is 54.1 Å². The van der Waals surface area contributed by atoms with Crippen molar-refractivity contribution in [2.75, 3.05) is 26.4 Å². The zero-order valence-corrected chi connectivity index (χ0v) is 33.3. The van der Waals surface area contributed by atoms with Gasteiger partial charge >= 0.3 is 0 Å². The highest BCUT2D eigenvalue weighted by molar-refractivity contribution is 5.84. The fraction of sp³-hybridized carbons (Fsp3) is 0.362. The molecule has 0 atom stereocenters. The van der Waals surface area contributed by atoms with Crippen LogP contribution in [0.4, 0.5) is 35.1 Å². The highest BCUT2D eigenvalue weighted by Crippen LogP contribution is 2.36. The summed E-state index contributed by atoms with van der Waals surface area (Å²) in [6, 6.07) is 15.2. The van der Waals surface area contributed by atoms with E-state index in [0.29, 0.717) is 30.6 Å². The summed E-state index contributed by atoms with van der Waals surface area (Å²) in [5, 5.41) is 0. The van der Waals surface area contributed by atoms with Crippen LogP contribution in [0.15, 0.2) is 85.5 Å². The molecule has 0 saturated heterocycles. The maximum absolute atomic E-state index is 14.8. The van der Waals surface area contributed by atoms with Gasteiger partial charge in [-0.2, -0.15) is 8.78 Å². The molecule has 0 amide bonds. The van der Waals surface area contributed by atoms with Gasteiger partial charge in [0.2, 0.25) is 11.6 Å². The van der Waals surface area contributed by atoms with E-state index in [-0.39, 0.29) is 35.8 Å². The average molecular weight is 831 g/mol. The lowest BCUT2D eigenvalue weighted by atomic mass is 9.94. The van der Waals surface area contributed by atoms with Crippen LogP contribution in [-0.4, -0.2) is 26.4 Å². The first-order chi connectivity index (χ1) is 28.5. The maximum atomic E-state index is 14.8. The van der Waals surface area contributed by atoms with Gasteiger partial charge in [0.05, 0.1) is 37.6 Å². The Hall–Kier alpha value is -5.26. The van der Waals surface area contributed by atoms with Gasteiger partial charge in [0.25, 0.3) is 0 Å². The third-order valence-electron chi connectivity index (χ3n) is 9.58. The van der Waals surface area contributed by atoms with E-state index >= 15 is 0 Å². The van der Waals surface area contributed by atoms with Gasteiger partial charge in [-0.1, -0.05) is 44.6 Å². The third kappa shape index (κ3) is 13.4. The predicted octanol–water partition coefficient (Wildman–Crippen LogP) is 14.7. The largest absolute Gasteiger partial charge is 0.494 e. The minimum atomic E-state index is -1.53. The van der Waals surface area contributed by atoms with E-state index in [1.807, 2.05) is 6.08 Å². The number of benzene rings is 4. The molecule has 4 aromatic carbocycles. The molecule has 0 radical (unpaired) electrons. The molecule has 4 rings (SSSR count). The molecule has 0 spiro atoms. The second kappa shape index (κ2) is 24.0. The molecule has 59 heavy (non-hydrogen) atoms. The van der Waals surface area contributed by atoms with Crippen molar-refractivity contribution in [3.05, 3.63) is 131 Å². The zero-order valence-electron chi connectivity index (χ0n) is 33.3. The molecule has 4 nitrogen and oxygen atoms in total. The van der Waals surface area contributed by atoms with E-state index in [2.05, 4.69) is 6.58 Å². The Morgan fingerprint density at radius 3 is 1.20 bits per heavy atom. The number of hydrogen-bond acceptors (Lipinski definition) is 4. The Bertz CT molecular complexity index is 1870. The molecule has 318 valence electrons. The second-order valence-electron chi connectivity index (χ2n) is 13.7. The Balaban J connectivity index is 1.06. The standard InChI is InChI=1S/C47H50F8O4/c1-4-31(15-11-7-9-13-29-58-34-21-17-32(18-22-34)40(48)42(50)36-25-27-38(56-5-2)46(54)44(36)52)16-12-8-10-14-30-59-35-23-19-33(20-24-35)41(49)43(51)37-26-28-39(57-6-3)47(55)45(37)53/h4,17-28,31H,1,5-16,29-30H2,2-3H3/b42-40+,43-41+. The third-order valence-corrected chi connectivity index (χ3v) is 9.58. The lowest BCUT2D eigenvalue weighted by Gasteiger charge is -2.12. The molecule has 0 heterocycles. The second-order valence-corrected chi connectivity index (χ2v) is 13.7. The first-order valence-electron chi connectivity index (χ1n) is 19.9. The molecule has 0 fully saturated rings. The first-order valence-corrected chi connectivity index (χ1v) is 19.9. The maximum Gasteiger partial charge on any atom is 0.201 e. The molecule has 0 aliphatic rings. The van der Waals surface area contributed by atoms with E-state index in [0.717, 1.165) is 88.5 Å². The van der Waals surface area contributed by atoms with Crippen LogP contribution >= 0.6 is 0 Å². The smallest absolute Gasteiger partial charge is 0.201 e. The van der Waals surface area contributed by atoms with Crippen molar-refractivity contribution in [2.24, 2.45) is 5.92 Å². The van der Waals surface area contributed by atoms with Crippen molar-refractivity contribution in [1.29, 1.82) is 0 Å². The molecule has 4 aromatic rings. The summed E-state index contributed by atoms with van der Waals surface area (Å²) in [6.45, 7) is 8.26. The summed E-state index contributed by atoms with van der Waals surface area (Å²) >= 11 is 0. The molecule has 0 aliphatic carbocycles. The van der Waals surface area contributed by atoms with Crippen molar-refractivity contribution in [3.8, 4) is 23.0 Å². The summed E-state index contributed by atoms with van der Waals surface area (Å²) in [5.74, 6) is -10.9. The summed E-state index contributed by atoms with van der Waals surface area (Å²) < 4.78 is 138. The topological polar surface area (TPSA) is 36.9 Å². The number of rotatable bonds is 25. The Labute approximate surface area is 341 Å². The monoisotopic (exact) mass is 830 g/mol. The van der Waals surface area contributed by atoms with Crippen molar-refractivity contribution in [1.82, 2.24) is 0 Å². The molecule has 0 N–H and O–H groups in total. The zero-order chi connectivity index (χ0) is 42.7. The molecule has 0 aliphatic heterocycles. The fourth-order valence-electron chi connectivity index (χ4n) is 6.31. The number of halogens is 8. The van der Waals surface area contributed by atoms with Crippen LogP contribution in [0.25, 0.3) is 23.3 Å². The van der Waals surface area contributed by atoms with Crippen LogP contribution in [0.5, 0.6) is 23.0 Å². The quantitative estimate of drug-likeness (QED) is 0.0289. The molecular formula is C47H50F8O4. The van der Waals surface area contributed by atoms with E-state index in [1.54, 1.807) is 13.8 Å². The van der Waals surface area contributed by atoms with Gasteiger partial charge in [-0.25, -0.2) is 26.3 Å². The van der Waals surface area contributed by atoms with Crippen molar-refractivity contribution in [2.45, 2.75) is 78.1 Å². The summed E-state index contributed by atoms with van der Waals surface area (Å²) in [6.07, 6.45) is 11.8. The molecular weight excluding hydrogens is 780 g/mol. The van der Waals surface area contributed by atoms with Gasteiger partial charge in [0, 0.05) is 11.1 Å². The Morgan fingerprint density at radius 2 is 0.847 bits per heavy atom. The predicted molar refractivity (Wildman–Crippen MR) is 217 cm³/mol. The van der Waals surface area contributed by atoms with Gasteiger partial charge in [0.1, 0.15) is 11.5 Å². The SMILES string of the molecule is C=CC(CCCCCCOc1ccc(/C(F)=C(\F)c2ccc(OCC)c(F)c2F)cc1)CCCCCCOc1ccc(/C(F)=C(\F)c2ccc(OCC)c(F)c2F)cc1. The van der Waals surface area contributed by atoms with E-state index in [9.17, 15) is 35.1 Å². The molecule has 0 aromatic heterocycles. The van der Waals surface area contributed by atoms with E-state index < -0.39 is 57.7 Å². The minimum absolute atomic E-state index is 0.0879. The summed E-state index contributed by atoms with van der Waals surface area (Å²) in [7, 11) is 0. The summed E-state index contributed by atoms with van der Waals surface area (Å²) in [5.41, 5.74) is -1.94. The molecule has 0 saturated carbocycles. The fourth-order valence-corrected chi connectivity index (χ4v) is 6.31. The lowest BCUT2D eigenvalue weighted by Crippen LogP contribution is -2.00. The number of hydrogen-bond donors (Lipinski definition) is 0. The highest BCUT2D eigenvalue weighted by Gasteiger charge is 2.22. The lowest BCUT2D eigenvalue weighted by molar-refractivity contribution is 0.302. The highest BCUT2D eigenvalue weighted by atomic mass is 19.2. The first kappa shape index (κ1) is 46.4. The number of allylic oxidation sites excluding steroid dienone is 1. The Morgan fingerprint density at radius 1 is 0.475 bits per heavy atom. The van der Waals surface area contributed by atoms with Crippen LogP contribution in [0.1, 0.15) is 100 Å². The van der Waals surface area contributed by atoms with Gasteiger partial charge in [0.15, 0.2) is 46.4 Å². The van der Waals surface area contributed by atoms with Crippen LogP contribution < -0.4 is 18.9 Å².